The molecule has 7 nitrogen and oxygen atoms in total. The lowest BCUT2D eigenvalue weighted by Crippen LogP contribution is -2.38. The highest BCUT2D eigenvalue weighted by Gasteiger charge is 2.35. The first kappa shape index (κ1) is 21.6. The summed E-state index contributed by atoms with van der Waals surface area (Å²) in [5, 5.41) is 3.03. The Morgan fingerprint density at radius 2 is 1.83 bits per heavy atom. The Morgan fingerprint density at radius 3 is 2.47 bits per heavy atom. The van der Waals surface area contributed by atoms with Gasteiger partial charge in [-0.25, -0.2) is 0 Å². The monoisotopic (exact) mass is 411 g/mol. The molecular weight excluding hydrogens is 382 g/mol. The van der Waals surface area contributed by atoms with Crippen LogP contribution in [0.25, 0.3) is 0 Å². The van der Waals surface area contributed by atoms with Crippen molar-refractivity contribution in [3.8, 4) is 11.5 Å². The first-order valence-corrected chi connectivity index (χ1v) is 9.96. The minimum absolute atomic E-state index is 0.0418. The number of ether oxygens (including phenoxy) is 2. The molecular formula is C23H29N3O4. The van der Waals surface area contributed by atoms with Crippen molar-refractivity contribution in [2.24, 2.45) is 5.92 Å². The second-order valence-corrected chi connectivity index (χ2v) is 7.57. The normalized spacial score (nSPS) is 17.2. The number of hydrogen-bond donors (Lipinski definition) is 1. The van der Waals surface area contributed by atoms with Gasteiger partial charge < -0.3 is 24.6 Å². The molecule has 0 aromatic heterocycles. The van der Waals surface area contributed by atoms with Gasteiger partial charge in [-0.15, -0.1) is 0 Å². The highest BCUT2D eigenvalue weighted by atomic mass is 16.5. The van der Waals surface area contributed by atoms with Crippen molar-refractivity contribution < 1.29 is 19.1 Å². The number of methoxy groups -OCH3 is 2. The van der Waals surface area contributed by atoms with E-state index in [9.17, 15) is 9.59 Å². The van der Waals surface area contributed by atoms with Crippen LogP contribution in [-0.2, 0) is 9.59 Å². The third-order valence-electron chi connectivity index (χ3n) is 5.47. The highest BCUT2D eigenvalue weighted by molar-refractivity contribution is 6.00. The van der Waals surface area contributed by atoms with Crippen LogP contribution < -0.4 is 19.7 Å². The van der Waals surface area contributed by atoms with E-state index in [1.807, 2.05) is 67.5 Å². The number of benzene rings is 2. The predicted octanol–water partition coefficient (Wildman–Crippen LogP) is 2.48. The van der Waals surface area contributed by atoms with Crippen LogP contribution in [0.2, 0.25) is 0 Å². The van der Waals surface area contributed by atoms with Gasteiger partial charge in [-0.2, -0.15) is 0 Å². The molecule has 0 radical (unpaired) electrons. The van der Waals surface area contributed by atoms with Crippen LogP contribution in [0.1, 0.15) is 18.0 Å². The van der Waals surface area contributed by atoms with Gasteiger partial charge in [0.2, 0.25) is 11.8 Å². The van der Waals surface area contributed by atoms with E-state index in [4.69, 9.17) is 9.47 Å². The summed E-state index contributed by atoms with van der Waals surface area (Å²) in [6.07, 6.45) is 0.207. The lowest BCUT2D eigenvalue weighted by molar-refractivity contribution is -0.126. The number of carbonyl (C=O) groups is 2. The minimum atomic E-state index is -0.375. The van der Waals surface area contributed by atoms with Crippen molar-refractivity contribution >= 4 is 17.5 Å². The molecule has 160 valence electrons. The molecule has 2 atom stereocenters. The molecule has 1 aliphatic rings. The van der Waals surface area contributed by atoms with Gasteiger partial charge in [-0.05, 0) is 44.4 Å². The van der Waals surface area contributed by atoms with Crippen LogP contribution in [0.3, 0.4) is 0 Å². The summed E-state index contributed by atoms with van der Waals surface area (Å²) < 4.78 is 10.6. The summed E-state index contributed by atoms with van der Waals surface area (Å²) in [6, 6.07) is 15.0. The van der Waals surface area contributed by atoms with Gasteiger partial charge in [0.25, 0.3) is 0 Å². The Hall–Kier alpha value is -3.06. The van der Waals surface area contributed by atoms with Crippen molar-refractivity contribution in [2.45, 2.75) is 12.5 Å². The van der Waals surface area contributed by atoms with Gasteiger partial charge in [0, 0.05) is 30.8 Å². The van der Waals surface area contributed by atoms with Crippen molar-refractivity contribution in [1.82, 2.24) is 10.2 Å². The largest absolute Gasteiger partial charge is 0.497 e. The SMILES string of the molecule is COc1ccc(N2CC(C(=O)NCC(c3ccccc3OC)N(C)C)CC2=O)cc1. The fraction of sp³-hybridized carbons (Fsp3) is 0.391. The van der Waals surface area contributed by atoms with Crippen LogP contribution >= 0.6 is 0 Å². The zero-order valence-corrected chi connectivity index (χ0v) is 17.9. The Morgan fingerprint density at radius 1 is 1.13 bits per heavy atom. The summed E-state index contributed by atoms with van der Waals surface area (Å²) in [7, 11) is 7.17. The van der Waals surface area contributed by atoms with E-state index < -0.39 is 0 Å². The first-order valence-electron chi connectivity index (χ1n) is 9.96. The molecule has 2 aromatic rings. The Bertz CT molecular complexity index is 882. The molecule has 1 saturated heterocycles. The number of rotatable bonds is 8. The van der Waals surface area contributed by atoms with Gasteiger partial charge in [0.05, 0.1) is 26.2 Å². The fourth-order valence-corrected chi connectivity index (χ4v) is 3.75. The van der Waals surface area contributed by atoms with Gasteiger partial charge >= 0.3 is 0 Å². The summed E-state index contributed by atoms with van der Waals surface area (Å²) in [5.41, 5.74) is 1.78. The summed E-state index contributed by atoms with van der Waals surface area (Å²) >= 11 is 0. The Kier molecular flexibility index (Phi) is 6.95. The molecule has 2 unspecified atom stereocenters. The van der Waals surface area contributed by atoms with E-state index in [0.717, 1.165) is 22.7 Å². The molecule has 1 aliphatic heterocycles. The molecule has 0 saturated carbocycles. The average molecular weight is 412 g/mol. The van der Waals surface area contributed by atoms with Gasteiger partial charge in [-0.3, -0.25) is 9.59 Å². The smallest absolute Gasteiger partial charge is 0.227 e. The molecule has 0 bridgehead atoms. The summed E-state index contributed by atoms with van der Waals surface area (Å²) in [4.78, 5) is 29.0. The second-order valence-electron chi connectivity index (χ2n) is 7.57. The van der Waals surface area contributed by atoms with E-state index in [-0.39, 0.29) is 30.2 Å². The summed E-state index contributed by atoms with van der Waals surface area (Å²) in [6.45, 7) is 0.803. The molecule has 0 spiro atoms. The van der Waals surface area contributed by atoms with Crippen LogP contribution in [0.15, 0.2) is 48.5 Å². The number of nitrogens with one attached hydrogen (secondary N) is 1. The molecule has 1 heterocycles. The number of nitrogens with zero attached hydrogens (tertiary/aromatic N) is 2. The Balaban J connectivity index is 1.64. The van der Waals surface area contributed by atoms with Crippen LogP contribution in [-0.4, -0.2) is 58.1 Å². The number of anilines is 1. The van der Waals surface area contributed by atoms with Crippen molar-refractivity contribution in [1.29, 1.82) is 0 Å². The van der Waals surface area contributed by atoms with Crippen molar-refractivity contribution in [3.05, 3.63) is 54.1 Å². The van der Waals surface area contributed by atoms with Crippen LogP contribution in [0, 0.1) is 5.92 Å². The van der Waals surface area contributed by atoms with E-state index in [1.165, 1.54) is 0 Å². The minimum Gasteiger partial charge on any atom is -0.497 e. The number of hydrogen-bond acceptors (Lipinski definition) is 5. The molecule has 30 heavy (non-hydrogen) atoms. The standard InChI is InChI=1S/C23H29N3O4/c1-25(2)20(19-7-5-6-8-21(19)30-4)14-24-23(28)16-13-22(27)26(15-16)17-9-11-18(29-3)12-10-17/h5-12,16,20H,13-15H2,1-4H3,(H,24,28). The number of para-hydroxylation sites is 1. The number of likely N-dealkylation sites (N-methyl/N-ethyl adjacent to an activating group) is 1. The average Bonchev–Trinajstić information content (AvgIpc) is 3.15. The molecule has 7 heteroatoms. The van der Waals surface area contributed by atoms with E-state index in [0.29, 0.717) is 13.1 Å². The maximum atomic E-state index is 12.8. The van der Waals surface area contributed by atoms with E-state index >= 15 is 0 Å². The fourth-order valence-electron chi connectivity index (χ4n) is 3.75. The third-order valence-corrected chi connectivity index (χ3v) is 5.47. The third kappa shape index (κ3) is 4.74. The zero-order chi connectivity index (χ0) is 21.7. The van der Waals surface area contributed by atoms with Gasteiger partial charge in [-0.1, -0.05) is 18.2 Å². The van der Waals surface area contributed by atoms with Crippen molar-refractivity contribution in [3.63, 3.8) is 0 Å². The van der Waals surface area contributed by atoms with Gasteiger partial charge in [0.15, 0.2) is 0 Å². The lowest BCUT2D eigenvalue weighted by atomic mass is 10.0. The molecule has 3 rings (SSSR count). The topological polar surface area (TPSA) is 71.1 Å². The van der Waals surface area contributed by atoms with Crippen LogP contribution in [0.5, 0.6) is 11.5 Å². The highest BCUT2D eigenvalue weighted by Crippen LogP contribution is 2.29. The molecule has 1 N–H and O–H groups in total. The molecule has 0 aliphatic carbocycles. The first-order chi connectivity index (χ1) is 14.4. The van der Waals surface area contributed by atoms with E-state index in [2.05, 4.69) is 5.32 Å². The van der Waals surface area contributed by atoms with Gasteiger partial charge in [0.1, 0.15) is 11.5 Å². The number of amides is 2. The lowest BCUT2D eigenvalue weighted by Gasteiger charge is -2.27. The quantitative estimate of drug-likeness (QED) is 0.723. The Labute approximate surface area is 177 Å². The maximum absolute atomic E-state index is 12.8. The van der Waals surface area contributed by atoms with Crippen molar-refractivity contribution in [2.75, 3.05) is 46.3 Å². The zero-order valence-electron chi connectivity index (χ0n) is 17.9. The molecule has 1 fully saturated rings. The van der Waals surface area contributed by atoms with Crippen LogP contribution in [0.4, 0.5) is 5.69 Å². The van der Waals surface area contributed by atoms with E-state index in [1.54, 1.807) is 19.1 Å². The molecule has 2 amide bonds. The predicted molar refractivity (Wildman–Crippen MR) is 116 cm³/mol. The maximum Gasteiger partial charge on any atom is 0.227 e. The molecule has 2 aromatic carbocycles. The summed E-state index contributed by atoms with van der Waals surface area (Å²) in [5.74, 6) is 0.980. The number of carbonyl (C=O) groups excluding carboxylic acids is 2. The second kappa shape index (κ2) is 9.63.